The van der Waals surface area contributed by atoms with Gasteiger partial charge in [-0.05, 0) is 34.1 Å². The molecular formula is C12H21N3S. The van der Waals surface area contributed by atoms with E-state index in [9.17, 15) is 0 Å². The van der Waals surface area contributed by atoms with Gasteiger partial charge in [0, 0.05) is 22.8 Å². The second-order valence-electron chi connectivity index (χ2n) is 4.18. The van der Waals surface area contributed by atoms with Gasteiger partial charge in [-0.1, -0.05) is 13.3 Å². The smallest absolute Gasteiger partial charge is 0.210 e. The SMILES string of the molecule is CCCCn1c(C)c(C)s/c1=N\N=C(C)C. The van der Waals surface area contributed by atoms with Crippen molar-refractivity contribution in [2.45, 2.75) is 54.0 Å². The van der Waals surface area contributed by atoms with Crippen molar-refractivity contribution in [3.05, 3.63) is 15.4 Å². The Kier molecular flexibility index (Phi) is 4.93. The van der Waals surface area contributed by atoms with Gasteiger partial charge >= 0.3 is 0 Å². The molecule has 16 heavy (non-hydrogen) atoms. The van der Waals surface area contributed by atoms with E-state index in [2.05, 4.69) is 35.5 Å². The van der Waals surface area contributed by atoms with Gasteiger partial charge in [0.05, 0.1) is 0 Å². The number of aryl methyl sites for hydroxylation is 1. The second-order valence-corrected chi connectivity index (χ2v) is 5.36. The maximum atomic E-state index is 4.31. The normalized spacial score (nSPS) is 11.9. The first-order chi connectivity index (χ1) is 7.56. The average Bonchev–Trinajstić information content (AvgIpc) is 2.50. The first-order valence-electron chi connectivity index (χ1n) is 5.78. The summed E-state index contributed by atoms with van der Waals surface area (Å²) in [4.78, 5) is 2.35. The summed E-state index contributed by atoms with van der Waals surface area (Å²) < 4.78 is 2.27. The highest BCUT2D eigenvalue weighted by Crippen LogP contribution is 2.10. The molecule has 0 atom stereocenters. The molecule has 0 amide bonds. The molecule has 0 bridgehead atoms. The number of rotatable bonds is 4. The monoisotopic (exact) mass is 239 g/mol. The Morgan fingerprint density at radius 3 is 2.56 bits per heavy atom. The molecule has 1 rings (SSSR count). The summed E-state index contributed by atoms with van der Waals surface area (Å²) in [6.45, 7) is 11.5. The van der Waals surface area contributed by atoms with E-state index in [1.807, 2.05) is 13.8 Å². The van der Waals surface area contributed by atoms with Crippen molar-refractivity contribution in [3.8, 4) is 0 Å². The van der Waals surface area contributed by atoms with Crippen LogP contribution in [0.4, 0.5) is 0 Å². The highest BCUT2D eigenvalue weighted by molar-refractivity contribution is 7.09. The first kappa shape index (κ1) is 13.2. The van der Waals surface area contributed by atoms with Crippen LogP contribution in [0.5, 0.6) is 0 Å². The van der Waals surface area contributed by atoms with E-state index in [1.54, 1.807) is 11.3 Å². The molecular weight excluding hydrogens is 218 g/mol. The molecule has 0 spiro atoms. The summed E-state index contributed by atoms with van der Waals surface area (Å²) in [5, 5.41) is 8.46. The molecule has 0 saturated heterocycles. The predicted octanol–water partition coefficient (Wildman–Crippen LogP) is 3.26. The van der Waals surface area contributed by atoms with Crippen LogP contribution in [0.1, 0.15) is 44.2 Å². The highest BCUT2D eigenvalue weighted by atomic mass is 32.1. The standard InChI is InChI=1S/C12H21N3S/c1-6-7-8-15-10(4)11(5)16-12(15)14-13-9(2)3/h6-8H2,1-5H3/b14-12-. The third-order valence-electron chi connectivity index (χ3n) is 2.46. The molecule has 90 valence electrons. The fourth-order valence-corrected chi connectivity index (χ4v) is 2.35. The van der Waals surface area contributed by atoms with Crippen LogP contribution in [0.3, 0.4) is 0 Å². The van der Waals surface area contributed by atoms with Crippen LogP contribution in [0, 0.1) is 13.8 Å². The van der Waals surface area contributed by atoms with Gasteiger partial charge in [-0.3, -0.25) is 0 Å². The lowest BCUT2D eigenvalue weighted by molar-refractivity contribution is 0.601. The zero-order valence-corrected chi connectivity index (χ0v) is 11.7. The van der Waals surface area contributed by atoms with E-state index in [4.69, 9.17) is 0 Å². The van der Waals surface area contributed by atoms with Crippen molar-refractivity contribution in [2.24, 2.45) is 10.2 Å². The van der Waals surface area contributed by atoms with Crippen LogP contribution in [0.25, 0.3) is 0 Å². The summed E-state index contributed by atoms with van der Waals surface area (Å²) in [5.41, 5.74) is 2.31. The van der Waals surface area contributed by atoms with Gasteiger partial charge < -0.3 is 4.57 Å². The van der Waals surface area contributed by atoms with Crippen molar-refractivity contribution in [3.63, 3.8) is 0 Å². The third-order valence-corrected chi connectivity index (χ3v) is 3.55. The fraction of sp³-hybridized carbons (Fsp3) is 0.667. The van der Waals surface area contributed by atoms with Gasteiger partial charge in [-0.2, -0.15) is 5.10 Å². The van der Waals surface area contributed by atoms with Crippen molar-refractivity contribution in [2.75, 3.05) is 0 Å². The van der Waals surface area contributed by atoms with Crippen LogP contribution >= 0.6 is 11.3 Å². The van der Waals surface area contributed by atoms with Gasteiger partial charge in [0.2, 0.25) is 4.80 Å². The van der Waals surface area contributed by atoms with Gasteiger partial charge in [0.15, 0.2) is 0 Å². The molecule has 0 fully saturated rings. The molecule has 0 aliphatic carbocycles. The summed E-state index contributed by atoms with van der Waals surface area (Å²) in [5.74, 6) is 0. The number of hydrogen-bond acceptors (Lipinski definition) is 3. The van der Waals surface area contributed by atoms with Gasteiger partial charge in [0.25, 0.3) is 0 Å². The van der Waals surface area contributed by atoms with E-state index < -0.39 is 0 Å². The minimum Gasteiger partial charge on any atom is -0.319 e. The Labute approximate surface area is 102 Å². The predicted molar refractivity (Wildman–Crippen MR) is 71.0 cm³/mol. The fourth-order valence-electron chi connectivity index (χ4n) is 1.40. The Morgan fingerprint density at radius 1 is 1.31 bits per heavy atom. The average molecular weight is 239 g/mol. The van der Waals surface area contributed by atoms with E-state index in [1.165, 1.54) is 23.4 Å². The Morgan fingerprint density at radius 2 is 2.00 bits per heavy atom. The number of nitrogens with zero attached hydrogens (tertiary/aromatic N) is 3. The minimum absolute atomic E-state index is 0.991. The Hall–Kier alpha value is -0.900. The molecule has 0 radical (unpaired) electrons. The zero-order valence-electron chi connectivity index (χ0n) is 10.9. The van der Waals surface area contributed by atoms with E-state index in [0.29, 0.717) is 0 Å². The zero-order chi connectivity index (χ0) is 12.1. The van der Waals surface area contributed by atoms with Crippen LogP contribution < -0.4 is 4.80 Å². The molecule has 1 aromatic heterocycles. The number of hydrogen-bond donors (Lipinski definition) is 0. The van der Waals surface area contributed by atoms with Crippen molar-refractivity contribution < 1.29 is 0 Å². The minimum atomic E-state index is 0.991. The summed E-state index contributed by atoms with van der Waals surface area (Å²) in [6, 6.07) is 0. The molecule has 3 nitrogen and oxygen atoms in total. The van der Waals surface area contributed by atoms with Crippen LogP contribution in [0.15, 0.2) is 10.2 Å². The lowest BCUT2D eigenvalue weighted by Gasteiger charge is -2.04. The van der Waals surface area contributed by atoms with Gasteiger partial charge in [0.1, 0.15) is 0 Å². The molecule has 0 aliphatic heterocycles. The first-order valence-corrected chi connectivity index (χ1v) is 6.59. The molecule has 0 N–H and O–H groups in total. The summed E-state index contributed by atoms with van der Waals surface area (Å²) in [7, 11) is 0. The molecule has 1 aromatic rings. The van der Waals surface area contributed by atoms with Gasteiger partial charge in [-0.25, -0.2) is 0 Å². The van der Waals surface area contributed by atoms with Crippen molar-refractivity contribution >= 4 is 17.0 Å². The molecule has 1 heterocycles. The maximum absolute atomic E-state index is 4.31. The lowest BCUT2D eigenvalue weighted by Crippen LogP contribution is -2.16. The lowest BCUT2D eigenvalue weighted by atomic mass is 10.3. The van der Waals surface area contributed by atoms with E-state index in [0.717, 1.165) is 17.1 Å². The van der Waals surface area contributed by atoms with Crippen molar-refractivity contribution in [1.82, 2.24) is 4.57 Å². The van der Waals surface area contributed by atoms with E-state index in [-0.39, 0.29) is 0 Å². The molecule has 0 unspecified atom stereocenters. The number of thiazole rings is 1. The number of aromatic nitrogens is 1. The molecule has 0 aromatic carbocycles. The molecule has 4 heteroatoms. The largest absolute Gasteiger partial charge is 0.319 e. The second kappa shape index (κ2) is 5.99. The maximum Gasteiger partial charge on any atom is 0.210 e. The Bertz CT molecular complexity index is 434. The third kappa shape index (κ3) is 3.30. The number of unbranched alkanes of at least 4 members (excludes halogenated alkanes) is 1. The molecule has 0 aliphatic rings. The van der Waals surface area contributed by atoms with Crippen LogP contribution in [0.2, 0.25) is 0 Å². The highest BCUT2D eigenvalue weighted by Gasteiger charge is 2.05. The van der Waals surface area contributed by atoms with Gasteiger partial charge in [-0.15, -0.1) is 16.4 Å². The quantitative estimate of drug-likeness (QED) is 0.570. The Balaban J connectivity index is 3.12. The van der Waals surface area contributed by atoms with Crippen molar-refractivity contribution in [1.29, 1.82) is 0 Å². The summed E-state index contributed by atoms with van der Waals surface area (Å²) >= 11 is 1.72. The van der Waals surface area contributed by atoms with Crippen LogP contribution in [-0.2, 0) is 6.54 Å². The molecule has 0 saturated carbocycles. The summed E-state index contributed by atoms with van der Waals surface area (Å²) in [6.07, 6.45) is 2.40. The topological polar surface area (TPSA) is 29.6 Å². The van der Waals surface area contributed by atoms with E-state index >= 15 is 0 Å². The van der Waals surface area contributed by atoms with Crippen LogP contribution in [-0.4, -0.2) is 10.3 Å².